The van der Waals surface area contributed by atoms with Gasteiger partial charge in [0.05, 0.1) is 24.6 Å². The lowest BCUT2D eigenvalue weighted by molar-refractivity contribution is 0.0276. The van der Waals surface area contributed by atoms with E-state index < -0.39 is 0 Å². The fourth-order valence-electron chi connectivity index (χ4n) is 2.28. The predicted octanol–water partition coefficient (Wildman–Crippen LogP) is 1.84. The number of aryl methyl sites for hydroxylation is 1. The minimum Gasteiger partial charge on any atom is -0.371 e. The molecule has 2 heterocycles. The largest absolute Gasteiger partial charge is 0.371 e. The number of morpholine rings is 1. The van der Waals surface area contributed by atoms with Gasteiger partial charge >= 0.3 is 0 Å². The first-order valence-corrected chi connectivity index (χ1v) is 6.27. The SMILES string of the molecule is Cc1cnn(-c2ccccc2C2CNCCO2)c1. The fourth-order valence-corrected chi connectivity index (χ4v) is 2.28. The molecule has 18 heavy (non-hydrogen) atoms. The van der Waals surface area contributed by atoms with Gasteiger partial charge in [-0.15, -0.1) is 0 Å². The lowest BCUT2D eigenvalue weighted by atomic mass is 10.1. The third kappa shape index (κ3) is 2.17. The van der Waals surface area contributed by atoms with E-state index in [1.165, 1.54) is 5.56 Å². The molecule has 94 valence electrons. The standard InChI is InChI=1S/C14H17N3O/c1-11-8-16-17(10-11)13-5-3-2-4-12(13)14-9-15-6-7-18-14/h2-5,8,10,14-15H,6-7,9H2,1H3. The number of rotatable bonds is 2. The molecule has 0 radical (unpaired) electrons. The van der Waals surface area contributed by atoms with Crippen molar-refractivity contribution in [3.05, 3.63) is 47.8 Å². The van der Waals surface area contributed by atoms with Gasteiger partial charge in [0, 0.05) is 24.8 Å². The third-order valence-corrected chi connectivity index (χ3v) is 3.17. The van der Waals surface area contributed by atoms with Crippen LogP contribution in [0.4, 0.5) is 0 Å². The molecule has 1 aromatic carbocycles. The van der Waals surface area contributed by atoms with E-state index in [0.717, 1.165) is 30.9 Å². The summed E-state index contributed by atoms with van der Waals surface area (Å²) in [7, 11) is 0. The van der Waals surface area contributed by atoms with Crippen LogP contribution in [0.2, 0.25) is 0 Å². The Morgan fingerprint density at radius 3 is 3.00 bits per heavy atom. The van der Waals surface area contributed by atoms with Gasteiger partial charge in [-0.05, 0) is 18.6 Å². The summed E-state index contributed by atoms with van der Waals surface area (Å²) in [5, 5.41) is 7.74. The Morgan fingerprint density at radius 1 is 1.39 bits per heavy atom. The number of ether oxygens (including phenoxy) is 1. The van der Waals surface area contributed by atoms with Crippen LogP contribution < -0.4 is 5.32 Å². The van der Waals surface area contributed by atoms with E-state index in [2.05, 4.69) is 22.5 Å². The molecule has 0 amide bonds. The van der Waals surface area contributed by atoms with Crippen molar-refractivity contribution in [2.45, 2.75) is 13.0 Å². The van der Waals surface area contributed by atoms with Crippen LogP contribution in [0.25, 0.3) is 5.69 Å². The van der Waals surface area contributed by atoms with Gasteiger partial charge in [-0.3, -0.25) is 0 Å². The molecule has 1 N–H and O–H groups in total. The lowest BCUT2D eigenvalue weighted by Gasteiger charge is -2.25. The highest BCUT2D eigenvalue weighted by Crippen LogP contribution is 2.25. The monoisotopic (exact) mass is 243 g/mol. The van der Waals surface area contributed by atoms with Crippen LogP contribution in [0, 0.1) is 6.92 Å². The van der Waals surface area contributed by atoms with Crippen molar-refractivity contribution in [3.8, 4) is 5.69 Å². The number of nitrogens with one attached hydrogen (secondary N) is 1. The molecule has 0 aliphatic carbocycles. The molecule has 1 aliphatic heterocycles. The minimum atomic E-state index is 0.111. The quantitative estimate of drug-likeness (QED) is 0.874. The number of para-hydroxylation sites is 1. The van der Waals surface area contributed by atoms with Crippen molar-refractivity contribution >= 4 is 0 Å². The lowest BCUT2D eigenvalue weighted by Crippen LogP contribution is -2.33. The molecular formula is C14H17N3O. The Morgan fingerprint density at radius 2 is 2.28 bits per heavy atom. The van der Waals surface area contributed by atoms with E-state index in [9.17, 15) is 0 Å². The molecule has 1 aromatic heterocycles. The summed E-state index contributed by atoms with van der Waals surface area (Å²) in [5.41, 5.74) is 3.44. The Kier molecular flexibility index (Phi) is 3.13. The van der Waals surface area contributed by atoms with E-state index in [4.69, 9.17) is 4.74 Å². The van der Waals surface area contributed by atoms with E-state index in [1.54, 1.807) is 0 Å². The molecule has 1 aliphatic rings. The van der Waals surface area contributed by atoms with Crippen molar-refractivity contribution in [2.75, 3.05) is 19.7 Å². The second-order valence-electron chi connectivity index (χ2n) is 4.58. The molecule has 3 rings (SSSR count). The third-order valence-electron chi connectivity index (χ3n) is 3.17. The Labute approximate surface area is 107 Å². The van der Waals surface area contributed by atoms with E-state index in [0.29, 0.717) is 0 Å². The first-order valence-electron chi connectivity index (χ1n) is 6.27. The first-order chi connectivity index (χ1) is 8.84. The zero-order chi connectivity index (χ0) is 12.4. The van der Waals surface area contributed by atoms with Gasteiger partial charge in [-0.2, -0.15) is 5.10 Å². The summed E-state index contributed by atoms with van der Waals surface area (Å²) in [4.78, 5) is 0. The molecule has 0 bridgehead atoms. The van der Waals surface area contributed by atoms with E-state index >= 15 is 0 Å². The zero-order valence-corrected chi connectivity index (χ0v) is 10.5. The summed E-state index contributed by atoms with van der Waals surface area (Å²) in [6.07, 6.45) is 4.02. The van der Waals surface area contributed by atoms with Gasteiger partial charge in [-0.1, -0.05) is 18.2 Å². The molecule has 1 saturated heterocycles. The van der Waals surface area contributed by atoms with Gasteiger partial charge in [0.2, 0.25) is 0 Å². The van der Waals surface area contributed by atoms with Gasteiger partial charge < -0.3 is 10.1 Å². The highest BCUT2D eigenvalue weighted by molar-refractivity contribution is 5.42. The average molecular weight is 243 g/mol. The molecule has 0 saturated carbocycles. The second kappa shape index (κ2) is 4.92. The minimum absolute atomic E-state index is 0.111. The highest BCUT2D eigenvalue weighted by atomic mass is 16.5. The maximum absolute atomic E-state index is 5.83. The number of aromatic nitrogens is 2. The molecule has 4 nitrogen and oxygen atoms in total. The average Bonchev–Trinajstić information content (AvgIpc) is 2.86. The molecule has 0 spiro atoms. The Hall–Kier alpha value is -1.65. The normalized spacial score (nSPS) is 19.9. The van der Waals surface area contributed by atoms with Crippen molar-refractivity contribution < 1.29 is 4.74 Å². The topological polar surface area (TPSA) is 39.1 Å². The number of hydrogen-bond acceptors (Lipinski definition) is 3. The summed E-state index contributed by atoms with van der Waals surface area (Å²) in [6.45, 7) is 4.60. The Balaban J connectivity index is 1.99. The van der Waals surface area contributed by atoms with Crippen LogP contribution in [0.3, 0.4) is 0 Å². The Bertz CT molecular complexity index is 529. The molecule has 1 unspecified atom stereocenters. The smallest absolute Gasteiger partial charge is 0.0970 e. The fraction of sp³-hybridized carbons (Fsp3) is 0.357. The maximum atomic E-state index is 5.83. The van der Waals surface area contributed by atoms with Crippen LogP contribution in [-0.2, 0) is 4.74 Å². The van der Waals surface area contributed by atoms with Gasteiger partial charge in [-0.25, -0.2) is 4.68 Å². The maximum Gasteiger partial charge on any atom is 0.0970 e. The number of benzene rings is 1. The second-order valence-corrected chi connectivity index (χ2v) is 4.58. The number of nitrogens with zero attached hydrogens (tertiary/aromatic N) is 2. The first kappa shape index (κ1) is 11.4. The van der Waals surface area contributed by atoms with Gasteiger partial charge in [0.15, 0.2) is 0 Å². The summed E-state index contributed by atoms with van der Waals surface area (Å²) < 4.78 is 7.75. The highest BCUT2D eigenvalue weighted by Gasteiger charge is 2.19. The predicted molar refractivity (Wildman–Crippen MR) is 69.9 cm³/mol. The van der Waals surface area contributed by atoms with Gasteiger partial charge in [0.1, 0.15) is 0 Å². The molecular weight excluding hydrogens is 226 g/mol. The number of hydrogen-bond donors (Lipinski definition) is 1. The molecule has 1 fully saturated rings. The van der Waals surface area contributed by atoms with Gasteiger partial charge in [0.25, 0.3) is 0 Å². The van der Waals surface area contributed by atoms with Crippen LogP contribution in [-0.4, -0.2) is 29.5 Å². The summed E-state index contributed by atoms with van der Waals surface area (Å²) in [6, 6.07) is 8.28. The summed E-state index contributed by atoms with van der Waals surface area (Å²) >= 11 is 0. The van der Waals surface area contributed by atoms with Crippen LogP contribution in [0.1, 0.15) is 17.2 Å². The van der Waals surface area contributed by atoms with Crippen molar-refractivity contribution in [3.63, 3.8) is 0 Å². The van der Waals surface area contributed by atoms with Crippen molar-refractivity contribution in [1.29, 1.82) is 0 Å². The van der Waals surface area contributed by atoms with E-state index in [1.807, 2.05) is 36.1 Å². The molecule has 4 heteroatoms. The summed E-state index contributed by atoms with van der Waals surface area (Å²) in [5.74, 6) is 0. The zero-order valence-electron chi connectivity index (χ0n) is 10.5. The van der Waals surface area contributed by atoms with Crippen LogP contribution in [0.15, 0.2) is 36.7 Å². The van der Waals surface area contributed by atoms with Crippen molar-refractivity contribution in [2.24, 2.45) is 0 Å². The van der Waals surface area contributed by atoms with Crippen LogP contribution >= 0.6 is 0 Å². The molecule has 1 atom stereocenters. The van der Waals surface area contributed by atoms with Crippen LogP contribution in [0.5, 0.6) is 0 Å². The molecule has 2 aromatic rings. The van der Waals surface area contributed by atoms with Crippen molar-refractivity contribution in [1.82, 2.24) is 15.1 Å². The van der Waals surface area contributed by atoms with E-state index in [-0.39, 0.29) is 6.10 Å².